The second-order valence-corrected chi connectivity index (χ2v) is 4.08. The van der Waals surface area contributed by atoms with E-state index in [0.717, 1.165) is 5.56 Å². The number of rotatable bonds is 8. The van der Waals surface area contributed by atoms with Gasteiger partial charge in [0, 0.05) is 26.2 Å². The molecule has 0 bridgehead atoms. The van der Waals surface area contributed by atoms with Gasteiger partial charge < -0.3 is 15.2 Å². The number of amides is 1. The Morgan fingerprint density at radius 1 is 1.37 bits per heavy atom. The number of nitrogens with one attached hydrogen (secondary N) is 1. The van der Waals surface area contributed by atoms with Crippen LogP contribution in [0.25, 0.3) is 0 Å². The predicted molar refractivity (Wildman–Crippen MR) is 71.0 cm³/mol. The molecule has 0 spiro atoms. The SMILES string of the molecule is CCOCCCC(=O)NCc1cccc(C(=O)O)c1. The van der Waals surface area contributed by atoms with Crippen LogP contribution in [0.3, 0.4) is 0 Å². The van der Waals surface area contributed by atoms with Crippen LogP contribution < -0.4 is 5.32 Å². The molecule has 2 N–H and O–H groups in total. The largest absolute Gasteiger partial charge is 0.478 e. The van der Waals surface area contributed by atoms with Crippen molar-refractivity contribution in [3.05, 3.63) is 35.4 Å². The molecule has 0 radical (unpaired) electrons. The van der Waals surface area contributed by atoms with Gasteiger partial charge in [0.15, 0.2) is 0 Å². The molecule has 0 unspecified atom stereocenters. The van der Waals surface area contributed by atoms with Crippen LogP contribution >= 0.6 is 0 Å². The Balaban J connectivity index is 2.33. The highest BCUT2D eigenvalue weighted by Gasteiger charge is 2.05. The minimum atomic E-state index is -0.968. The van der Waals surface area contributed by atoms with Crippen molar-refractivity contribution in [3.63, 3.8) is 0 Å². The summed E-state index contributed by atoms with van der Waals surface area (Å²) in [5, 5.41) is 11.6. The van der Waals surface area contributed by atoms with Crippen molar-refractivity contribution in [2.45, 2.75) is 26.3 Å². The second kappa shape index (κ2) is 8.26. The van der Waals surface area contributed by atoms with E-state index in [2.05, 4.69) is 5.32 Å². The summed E-state index contributed by atoms with van der Waals surface area (Å²) in [5.41, 5.74) is 1.00. The third kappa shape index (κ3) is 6.01. The van der Waals surface area contributed by atoms with E-state index in [-0.39, 0.29) is 11.5 Å². The van der Waals surface area contributed by atoms with Crippen LogP contribution in [0.15, 0.2) is 24.3 Å². The molecule has 0 fully saturated rings. The van der Waals surface area contributed by atoms with Crippen LogP contribution in [0.5, 0.6) is 0 Å². The number of hydrogen-bond donors (Lipinski definition) is 2. The van der Waals surface area contributed by atoms with Gasteiger partial charge in [-0.3, -0.25) is 4.79 Å². The van der Waals surface area contributed by atoms with Gasteiger partial charge >= 0.3 is 5.97 Å². The van der Waals surface area contributed by atoms with E-state index in [1.54, 1.807) is 18.2 Å². The fraction of sp³-hybridized carbons (Fsp3) is 0.429. The van der Waals surface area contributed by atoms with Gasteiger partial charge in [-0.25, -0.2) is 4.79 Å². The molecule has 0 atom stereocenters. The Morgan fingerprint density at radius 3 is 2.84 bits per heavy atom. The molecule has 104 valence electrons. The normalized spacial score (nSPS) is 10.2. The minimum absolute atomic E-state index is 0.0552. The van der Waals surface area contributed by atoms with Crippen LogP contribution in [0.1, 0.15) is 35.7 Å². The molecular weight excluding hydrogens is 246 g/mol. The lowest BCUT2D eigenvalue weighted by Crippen LogP contribution is -2.22. The molecule has 0 aliphatic rings. The maximum atomic E-state index is 11.5. The summed E-state index contributed by atoms with van der Waals surface area (Å²) in [7, 11) is 0. The number of benzene rings is 1. The minimum Gasteiger partial charge on any atom is -0.478 e. The molecule has 19 heavy (non-hydrogen) atoms. The van der Waals surface area contributed by atoms with E-state index < -0.39 is 5.97 Å². The number of aromatic carboxylic acids is 1. The predicted octanol–water partition coefficient (Wildman–Crippen LogP) is 1.82. The fourth-order valence-corrected chi connectivity index (χ4v) is 1.58. The van der Waals surface area contributed by atoms with Crippen molar-refractivity contribution in [1.82, 2.24) is 5.32 Å². The van der Waals surface area contributed by atoms with Gasteiger partial charge in [0.25, 0.3) is 0 Å². The van der Waals surface area contributed by atoms with Gasteiger partial charge in [-0.1, -0.05) is 12.1 Å². The maximum Gasteiger partial charge on any atom is 0.335 e. The molecule has 1 amide bonds. The van der Waals surface area contributed by atoms with Crippen LogP contribution in [0.4, 0.5) is 0 Å². The van der Waals surface area contributed by atoms with Crippen LogP contribution in [0, 0.1) is 0 Å². The molecule has 0 heterocycles. The van der Waals surface area contributed by atoms with E-state index in [1.807, 2.05) is 6.92 Å². The Kier molecular flexibility index (Phi) is 6.60. The lowest BCUT2D eigenvalue weighted by molar-refractivity contribution is -0.121. The van der Waals surface area contributed by atoms with Gasteiger partial charge in [0.1, 0.15) is 0 Å². The first kappa shape index (κ1) is 15.2. The van der Waals surface area contributed by atoms with Crippen LogP contribution in [-0.4, -0.2) is 30.2 Å². The monoisotopic (exact) mass is 265 g/mol. The third-order valence-electron chi connectivity index (χ3n) is 2.56. The van der Waals surface area contributed by atoms with Crippen LogP contribution in [-0.2, 0) is 16.1 Å². The number of carbonyl (C=O) groups is 2. The zero-order chi connectivity index (χ0) is 14.1. The molecular formula is C14H19NO4. The number of ether oxygens (including phenoxy) is 1. The zero-order valence-corrected chi connectivity index (χ0v) is 11.0. The average molecular weight is 265 g/mol. The molecule has 5 nitrogen and oxygen atoms in total. The molecule has 0 aliphatic carbocycles. The molecule has 0 saturated carbocycles. The highest BCUT2D eigenvalue weighted by molar-refractivity contribution is 5.87. The molecule has 0 saturated heterocycles. The summed E-state index contributed by atoms with van der Waals surface area (Å²) < 4.78 is 5.14. The van der Waals surface area contributed by atoms with E-state index >= 15 is 0 Å². The highest BCUT2D eigenvalue weighted by Crippen LogP contribution is 2.05. The molecule has 1 rings (SSSR count). The highest BCUT2D eigenvalue weighted by atomic mass is 16.5. The van der Waals surface area contributed by atoms with Crippen molar-refractivity contribution < 1.29 is 19.4 Å². The first-order valence-corrected chi connectivity index (χ1v) is 6.30. The van der Waals surface area contributed by atoms with E-state index in [0.29, 0.717) is 32.6 Å². The number of carbonyl (C=O) groups excluding carboxylic acids is 1. The zero-order valence-electron chi connectivity index (χ0n) is 11.0. The Labute approximate surface area is 112 Å². The lowest BCUT2D eigenvalue weighted by Gasteiger charge is -2.06. The van der Waals surface area contributed by atoms with Crippen LogP contribution in [0.2, 0.25) is 0 Å². The smallest absolute Gasteiger partial charge is 0.335 e. The molecule has 5 heteroatoms. The quantitative estimate of drug-likeness (QED) is 0.703. The van der Waals surface area contributed by atoms with Gasteiger partial charge in [0.2, 0.25) is 5.91 Å². The Morgan fingerprint density at radius 2 is 2.16 bits per heavy atom. The maximum absolute atomic E-state index is 11.5. The van der Waals surface area contributed by atoms with Crippen molar-refractivity contribution in [2.24, 2.45) is 0 Å². The van der Waals surface area contributed by atoms with Crippen molar-refractivity contribution >= 4 is 11.9 Å². The molecule has 1 aromatic rings. The first-order chi connectivity index (χ1) is 9.13. The number of hydrogen-bond acceptors (Lipinski definition) is 3. The first-order valence-electron chi connectivity index (χ1n) is 6.30. The summed E-state index contributed by atoms with van der Waals surface area (Å²) in [5.74, 6) is -1.02. The van der Waals surface area contributed by atoms with Gasteiger partial charge in [-0.15, -0.1) is 0 Å². The van der Waals surface area contributed by atoms with Crippen molar-refractivity contribution in [3.8, 4) is 0 Å². The number of carboxylic acids is 1. The lowest BCUT2D eigenvalue weighted by atomic mass is 10.1. The van der Waals surface area contributed by atoms with E-state index in [1.165, 1.54) is 6.07 Å². The molecule has 0 aromatic heterocycles. The third-order valence-corrected chi connectivity index (χ3v) is 2.56. The molecule has 0 aliphatic heterocycles. The number of carboxylic acid groups (broad SMARTS) is 1. The Hall–Kier alpha value is -1.88. The summed E-state index contributed by atoms with van der Waals surface area (Å²) in [6, 6.07) is 6.53. The van der Waals surface area contributed by atoms with Crippen molar-refractivity contribution in [2.75, 3.05) is 13.2 Å². The summed E-state index contributed by atoms with van der Waals surface area (Å²) >= 11 is 0. The summed E-state index contributed by atoms with van der Waals surface area (Å²) in [4.78, 5) is 22.3. The fourth-order valence-electron chi connectivity index (χ4n) is 1.58. The molecule has 1 aromatic carbocycles. The van der Waals surface area contributed by atoms with Crippen molar-refractivity contribution in [1.29, 1.82) is 0 Å². The standard InChI is InChI=1S/C14H19NO4/c1-2-19-8-4-7-13(16)15-10-11-5-3-6-12(9-11)14(17)18/h3,5-6,9H,2,4,7-8,10H2,1H3,(H,15,16)(H,17,18). The van der Waals surface area contributed by atoms with Gasteiger partial charge in [-0.05, 0) is 31.0 Å². The Bertz CT molecular complexity index is 431. The average Bonchev–Trinajstić information content (AvgIpc) is 2.41. The van der Waals surface area contributed by atoms with E-state index in [9.17, 15) is 9.59 Å². The second-order valence-electron chi connectivity index (χ2n) is 4.08. The summed E-state index contributed by atoms with van der Waals surface area (Å²) in [6.45, 7) is 3.49. The topological polar surface area (TPSA) is 75.6 Å². The summed E-state index contributed by atoms with van der Waals surface area (Å²) in [6.07, 6.45) is 1.10. The van der Waals surface area contributed by atoms with Gasteiger partial charge in [0.05, 0.1) is 5.56 Å². The van der Waals surface area contributed by atoms with Gasteiger partial charge in [-0.2, -0.15) is 0 Å². The van der Waals surface area contributed by atoms with E-state index in [4.69, 9.17) is 9.84 Å².